The molecule has 0 aliphatic carbocycles. The van der Waals surface area contributed by atoms with Gasteiger partial charge in [0.15, 0.2) is 5.43 Å². The van der Waals surface area contributed by atoms with Crippen LogP contribution < -0.4 is 33.2 Å². The summed E-state index contributed by atoms with van der Waals surface area (Å²) in [6, 6.07) is 137. The van der Waals surface area contributed by atoms with Gasteiger partial charge in [-0.15, -0.1) is 0 Å². The minimum absolute atomic E-state index is 0.0284. The first-order valence-corrected chi connectivity index (χ1v) is 45.9. The Hall–Kier alpha value is -17.4. The van der Waals surface area contributed by atoms with Crippen molar-refractivity contribution in [2.24, 2.45) is 0 Å². The first-order valence-electron chi connectivity index (χ1n) is 44.7. The lowest BCUT2D eigenvalue weighted by Crippen LogP contribution is -2.20. The van der Waals surface area contributed by atoms with Crippen LogP contribution in [-0.4, -0.2) is 27.0 Å². The van der Waals surface area contributed by atoms with E-state index in [9.17, 15) is 28.8 Å². The summed E-state index contributed by atoms with van der Waals surface area (Å²) in [7, 11) is 0. The number of rotatable bonds is 3. The molecule has 0 spiro atoms. The van der Waals surface area contributed by atoms with Crippen LogP contribution in [0.4, 0.5) is 0 Å². The Labute approximate surface area is 777 Å². The highest BCUT2D eigenvalue weighted by molar-refractivity contribution is 9.10. The summed E-state index contributed by atoms with van der Waals surface area (Å²) in [4.78, 5) is 85.2. The molecule has 0 aliphatic heterocycles. The molecule has 135 heavy (non-hydrogen) atoms. The van der Waals surface area contributed by atoms with Gasteiger partial charge in [-0.2, -0.15) is 0 Å². The quantitative estimate of drug-likeness (QED) is 0.127. The van der Waals surface area contributed by atoms with Gasteiger partial charge in [-0.3, -0.25) is 50.8 Å². The largest absolute Gasteiger partial charge is 0.288 e. The topological polar surface area (TPSA) is 137 Å². The van der Waals surface area contributed by atoms with Gasteiger partial charge in [0.25, 0.3) is 27.8 Å². The van der Waals surface area contributed by atoms with E-state index in [0.717, 1.165) is 211 Å². The zero-order valence-corrected chi connectivity index (χ0v) is 74.0. The first-order chi connectivity index (χ1) is 66.4. The Kier molecular flexibility index (Phi) is 17.9. The van der Waals surface area contributed by atoms with E-state index < -0.39 is 0 Å². The van der Waals surface area contributed by atoms with Crippen molar-refractivity contribution in [3.05, 3.63) is 484 Å². The van der Waals surface area contributed by atoms with E-state index in [-0.39, 0.29) is 33.2 Å². The average Bonchev–Trinajstić information content (AvgIpc) is 1.68. The molecule has 0 saturated carbocycles. The molecule has 12 nitrogen and oxygen atoms in total. The van der Waals surface area contributed by atoms with Gasteiger partial charge < -0.3 is 0 Å². The SMILES string of the molecule is O=c1c2ccccc2c2c(-c3ccccc3)ccc3c4ccccc4n1c32.O=c1c2ccccc2c2c3cc(Cl)ccc3cc3c4ccccc4n1c32.O=c1c2ccccc2c2cc(Br)c(-c3ccccc3)c3c4ccccc4n1c23.O=c1c2ccccc2c2ccc(-c3ccccc3)c3c4ccccc4n1c23.O=c1c2ccccc2n2c(=O)c3ccccc3c3nc4ccccc4c1c32. The smallest absolute Gasteiger partial charge is 0.263 e. The van der Waals surface area contributed by atoms with Gasteiger partial charge in [-0.05, 0) is 157 Å². The van der Waals surface area contributed by atoms with Gasteiger partial charge in [0.1, 0.15) is 0 Å². The fourth-order valence-corrected chi connectivity index (χ4v) is 22.6. The minimum atomic E-state index is -0.128. The van der Waals surface area contributed by atoms with Crippen LogP contribution in [-0.2, 0) is 0 Å². The van der Waals surface area contributed by atoms with Crippen molar-refractivity contribution in [3.8, 4) is 33.4 Å². The third kappa shape index (κ3) is 11.7. The number of halogens is 2. The summed E-state index contributed by atoms with van der Waals surface area (Å²) in [5, 5.41) is 26.5. The zero-order chi connectivity index (χ0) is 90.3. The van der Waals surface area contributed by atoms with Gasteiger partial charge >= 0.3 is 0 Å². The molecule has 0 radical (unpaired) electrons. The molecule has 632 valence electrons. The predicted octanol–water partition coefficient (Wildman–Crippen LogP) is 28.5. The van der Waals surface area contributed by atoms with Crippen molar-refractivity contribution in [1.29, 1.82) is 0 Å². The molecule has 30 aromatic rings. The maximum absolute atomic E-state index is 13.5. The molecule has 30 rings (SSSR count). The zero-order valence-electron chi connectivity index (χ0n) is 71.6. The van der Waals surface area contributed by atoms with Gasteiger partial charge in [-0.1, -0.05) is 343 Å². The second-order valence-electron chi connectivity index (χ2n) is 34.4. The minimum Gasteiger partial charge on any atom is -0.288 e. The van der Waals surface area contributed by atoms with Crippen molar-refractivity contribution < 1.29 is 0 Å². The Morgan fingerprint density at radius 3 is 1.05 bits per heavy atom. The van der Waals surface area contributed by atoms with Crippen LogP contribution in [0.5, 0.6) is 0 Å². The van der Waals surface area contributed by atoms with E-state index in [1.54, 1.807) is 10.5 Å². The van der Waals surface area contributed by atoms with Crippen molar-refractivity contribution in [3.63, 3.8) is 0 Å². The maximum atomic E-state index is 13.5. The molecule has 0 fully saturated rings. The molecular weight excluding hydrogens is 1750 g/mol. The summed E-state index contributed by atoms with van der Waals surface area (Å²) >= 11 is 10.2. The molecule has 0 unspecified atom stereocenters. The van der Waals surface area contributed by atoms with Crippen LogP contribution in [0.3, 0.4) is 0 Å². The summed E-state index contributed by atoms with van der Waals surface area (Å²) in [6.45, 7) is 0. The van der Waals surface area contributed by atoms with Crippen molar-refractivity contribution in [2.75, 3.05) is 0 Å². The van der Waals surface area contributed by atoms with Crippen LogP contribution in [0.25, 0.3) is 245 Å². The number of hydrogen-bond donors (Lipinski definition) is 0. The molecule has 0 N–H and O–H groups in total. The van der Waals surface area contributed by atoms with Crippen LogP contribution in [0.2, 0.25) is 5.02 Å². The fraction of sp³-hybridized carbons (Fsp3) is 0. The average molecular weight is 1820 g/mol. The van der Waals surface area contributed by atoms with E-state index in [4.69, 9.17) is 16.6 Å². The fourth-order valence-electron chi connectivity index (χ4n) is 21.7. The summed E-state index contributed by atoms with van der Waals surface area (Å²) in [5.74, 6) is 0. The van der Waals surface area contributed by atoms with Crippen molar-refractivity contribution >= 4 is 239 Å². The van der Waals surface area contributed by atoms with Crippen LogP contribution in [0, 0.1) is 0 Å². The predicted molar refractivity (Wildman–Crippen MR) is 565 cm³/mol. The van der Waals surface area contributed by atoms with Crippen molar-refractivity contribution in [1.82, 2.24) is 27.0 Å². The van der Waals surface area contributed by atoms with Crippen molar-refractivity contribution in [2.45, 2.75) is 0 Å². The highest BCUT2D eigenvalue weighted by atomic mass is 79.9. The third-order valence-corrected chi connectivity index (χ3v) is 28.3. The standard InChI is InChI=1S/C25H14BrNO.2C25H15NO.C23H12ClNO.C23H12N2O2/c26-20-14-19-16-10-4-5-11-17(16)25(28)27-21-13-7-6-12-18(21)23(24(19)27)22(20)15-8-2-1-3-9-15;27-25-21-12-5-4-11-19(21)23-17(16-8-2-1-3-9-16)14-15-20-18-10-6-7-13-22(18)26(25)24(20)23;27-25-20-11-5-4-10-18(20)19-15-14-17(16-8-2-1-3-9-16)23-21-12-6-7-13-22(21)26(25)24(19)23;24-14-10-9-13-11-19-15-5-3-4-8-20(15)25-22(19)21(18(13)12-14)16-6-1-2-7-17(16)23(25)26;26-22-16-10-4-6-12-18(16)25-21-19(22)15-9-3-5-11-17(15)24-20(21)13-7-1-2-8-14(13)23(25)27/h1-14H;2*1-15H;1-12H;1-12H. The second kappa shape index (κ2) is 30.6. The number of fused-ring (bicyclic) bond motifs is 28. The number of benzene rings is 19. The molecule has 11 aromatic heterocycles. The lowest BCUT2D eigenvalue weighted by atomic mass is 9.95. The third-order valence-electron chi connectivity index (χ3n) is 27.4. The maximum Gasteiger partial charge on any atom is 0.263 e. The lowest BCUT2D eigenvalue weighted by Gasteiger charge is -2.14. The molecule has 0 bridgehead atoms. The van der Waals surface area contributed by atoms with Gasteiger partial charge in [-0.25, -0.2) is 4.98 Å². The van der Waals surface area contributed by atoms with Crippen LogP contribution in [0.1, 0.15) is 0 Å². The normalized spacial score (nSPS) is 12.0. The number of nitrogens with zero attached hydrogens (tertiary/aromatic N) is 6. The van der Waals surface area contributed by atoms with E-state index in [2.05, 4.69) is 149 Å². The lowest BCUT2D eigenvalue weighted by molar-refractivity contribution is 1.18. The number of para-hydroxylation sites is 6. The van der Waals surface area contributed by atoms with Crippen LogP contribution in [0.15, 0.2) is 446 Å². The Bertz CT molecular complexity index is 10600. The number of aromatic nitrogens is 6. The number of hydrogen-bond acceptors (Lipinski definition) is 7. The van der Waals surface area contributed by atoms with E-state index in [0.29, 0.717) is 37.7 Å². The first kappa shape index (κ1) is 78.7. The number of pyridine rings is 7. The van der Waals surface area contributed by atoms with E-state index >= 15 is 0 Å². The summed E-state index contributed by atoms with van der Waals surface area (Å²) < 4.78 is 10.2. The van der Waals surface area contributed by atoms with Gasteiger partial charge in [0.2, 0.25) is 0 Å². The highest BCUT2D eigenvalue weighted by Gasteiger charge is 2.28. The second-order valence-corrected chi connectivity index (χ2v) is 35.7. The van der Waals surface area contributed by atoms with Gasteiger partial charge in [0.05, 0.1) is 71.6 Å². The molecule has 19 aromatic carbocycles. The highest BCUT2D eigenvalue weighted by Crippen LogP contribution is 2.48. The molecule has 0 aliphatic rings. The Morgan fingerprint density at radius 2 is 0.541 bits per heavy atom. The molecule has 14 heteroatoms. The van der Waals surface area contributed by atoms with Crippen LogP contribution >= 0.6 is 27.5 Å². The molecule has 0 amide bonds. The molecule has 11 heterocycles. The Balaban J connectivity index is 0.0000000878. The van der Waals surface area contributed by atoms with E-state index in [1.807, 2.05) is 291 Å². The Morgan fingerprint density at radius 1 is 0.215 bits per heavy atom. The monoisotopic (exact) mass is 1810 g/mol. The molecular formula is C121H68BrClN6O6. The molecule has 0 atom stereocenters. The molecule has 0 saturated heterocycles. The van der Waals surface area contributed by atoms with E-state index in [1.165, 1.54) is 5.56 Å². The van der Waals surface area contributed by atoms with Gasteiger partial charge in [0, 0.05) is 123 Å². The summed E-state index contributed by atoms with van der Waals surface area (Å²) in [6.07, 6.45) is 0. The summed E-state index contributed by atoms with van der Waals surface area (Å²) in [5.41, 5.74) is 17.4.